The Morgan fingerprint density at radius 2 is 1.73 bits per heavy atom. The van der Waals surface area contributed by atoms with Gasteiger partial charge in [0, 0.05) is 46.9 Å². The number of hydrogen-bond donors (Lipinski definition) is 7. The molecular formula is C39H44N4O7S. The summed E-state index contributed by atoms with van der Waals surface area (Å²) < 4.78 is 0. The molecule has 2 aromatic heterocycles. The highest BCUT2D eigenvalue weighted by molar-refractivity contribution is 7.14. The smallest absolute Gasteiger partial charge is 0.290 e. The van der Waals surface area contributed by atoms with Gasteiger partial charge in [-0.05, 0) is 92.8 Å². The largest absolute Gasteiger partial charge is 0.508 e. The molecular weight excluding hydrogens is 669 g/mol. The fraction of sp³-hybridized carbons (Fsp3) is 0.308. The predicted molar refractivity (Wildman–Crippen MR) is 199 cm³/mol. The standard InChI is InChI=1S/C38H42N4O5S.CH2O2/c1-42-20-17-38(18-21-42,26-7-3-2-4-8-26)30-22-25(9-13-31(30)43)6-5-19-40-37(47)34-15-10-27(48-34)23-39-24-33(45)28-11-14-32(44)36-29(28)12-16-35(46)41-36;2-1-3/h2-4,7-16,22,33,39,43-45H,5-6,17-21,23-24H2,1H3,(H,40,47)(H,41,46);1H,(H,2,3)/t33-;/m0./s1. The number of aliphatic hydroxyl groups is 1. The molecule has 12 heteroatoms. The first kappa shape index (κ1) is 37.3. The summed E-state index contributed by atoms with van der Waals surface area (Å²) >= 11 is 1.41. The molecule has 1 saturated heterocycles. The summed E-state index contributed by atoms with van der Waals surface area (Å²) in [5, 5.41) is 45.7. The lowest BCUT2D eigenvalue weighted by Gasteiger charge is -2.42. The highest BCUT2D eigenvalue weighted by Gasteiger charge is 2.39. The third kappa shape index (κ3) is 9.02. The summed E-state index contributed by atoms with van der Waals surface area (Å²) in [6.45, 7) is 2.95. The Balaban J connectivity index is 0.00000162. The van der Waals surface area contributed by atoms with Crippen molar-refractivity contribution in [1.29, 1.82) is 0 Å². The number of aromatic nitrogens is 1. The first-order valence-corrected chi connectivity index (χ1v) is 17.7. The summed E-state index contributed by atoms with van der Waals surface area (Å²) in [7, 11) is 2.15. The van der Waals surface area contributed by atoms with E-state index < -0.39 is 6.10 Å². The third-order valence-electron chi connectivity index (χ3n) is 9.46. The third-order valence-corrected chi connectivity index (χ3v) is 10.5. The number of rotatable bonds is 12. The van der Waals surface area contributed by atoms with E-state index in [0.717, 1.165) is 54.8 Å². The highest BCUT2D eigenvalue weighted by Crippen LogP contribution is 2.45. The Morgan fingerprint density at radius 3 is 2.47 bits per heavy atom. The van der Waals surface area contributed by atoms with Gasteiger partial charge < -0.3 is 40.9 Å². The maximum Gasteiger partial charge on any atom is 0.290 e. The first-order valence-electron chi connectivity index (χ1n) is 16.9. The number of aliphatic hydroxyl groups excluding tert-OH is 1. The molecule has 6 rings (SSSR count). The average molecular weight is 713 g/mol. The number of phenols is 2. The van der Waals surface area contributed by atoms with Gasteiger partial charge in [-0.3, -0.25) is 14.4 Å². The van der Waals surface area contributed by atoms with Crippen molar-refractivity contribution < 1.29 is 30.0 Å². The zero-order valence-electron chi connectivity index (χ0n) is 28.5. The van der Waals surface area contributed by atoms with Crippen LogP contribution >= 0.6 is 11.3 Å². The number of carboxylic acid groups (broad SMARTS) is 1. The topological polar surface area (TPSA) is 175 Å². The number of nitrogens with one attached hydrogen (secondary N) is 3. The van der Waals surface area contributed by atoms with E-state index in [4.69, 9.17) is 9.90 Å². The van der Waals surface area contributed by atoms with Gasteiger partial charge in [0.25, 0.3) is 12.4 Å². The molecule has 0 bridgehead atoms. The van der Waals surface area contributed by atoms with Crippen molar-refractivity contribution in [2.75, 3.05) is 33.2 Å². The van der Waals surface area contributed by atoms with Crippen molar-refractivity contribution in [3.63, 3.8) is 0 Å². The average Bonchev–Trinajstić information content (AvgIpc) is 3.61. The van der Waals surface area contributed by atoms with Crippen molar-refractivity contribution in [3.8, 4) is 11.5 Å². The minimum Gasteiger partial charge on any atom is -0.508 e. The van der Waals surface area contributed by atoms with Crippen LogP contribution in [0.3, 0.4) is 0 Å². The molecule has 0 unspecified atom stereocenters. The Hall–Kier alpha value is -5.01. The minimum absolute atomic E-state index is 0.0507. The Labute approximate surface area is 300 Å². The number of aryl methyl sites for hydroxylation is 1. The van der Waals surface area contributed by atoms with E-state index in [9.17, 15) is 24.9 Å². The molecule has 0 spiro atoms. The van der Waals surface area contributed by atoms with Crippen LogP contribution in [-0.2, 0) is 23.2 Å². The summed E-state index contributed by atoms with van der Waals surface area (Å²) in [5.74, 6) is 0.172. The van der Waals surface area contributed by atoms with Gasteiger partial charge in [0.1, 0.15) is 11.5 Å². The van der Waals surface area contributed by atoms with Crippen molar-refractivity contribution in [2.45, 2.75) is 43.7 Å². The Morgan fingerprint density at radius 1 is 1.00 bits per heavy atom. The molecule has 1 aliphatic heterocycles. The molecule has 3 aromatic carbocycles. The molecule has 1 amide bonds. The highest BCUT2D eigenvalue weighted by atomic mass is 32.1. The number of thiophene rings is 1. The fourth-order valence-electron chi connectivity index (χ4n) is 6.76. The van der Waals surface area contributed by atoms with Crippen LogP contribution in [0.25, 0.3) is 10.9 Å². The lowest BCUT2D eigenvalue weighted by Crippen LogP contribution is -2.41. The molecule has 1 fully saturated rings. The van der Waals surface area contributed by atoms with Gasteiger partial charge in [-0.25, -0.2) is 0 Å². The monoisotopic (exact) mass is 712 g/mol. The van der Waals surface area contributed by atoms with Gasteiger partial charge in [-0.15, -0.1) is 11.3 Å². The molecule has 1 aliphatic rings. The zero-order valence-corrected chi connectivity index (χ0v) is 29.3. The van der Waals surface area contributed by atoms with Crippen LogP contribution in [0.1, 0.15) is 62.2 Å². The number of likely N-dealkylation sites (tertiary alicyclic amines) is 1. The summed E-state index contributed by atoms with van der Waals surface area (Å²) in [6, 6.07) is 26.3. The van der Waals surface area contributed by atoms with Crippen molar-refractivity contribution >= 4 is 34.6 Å². The van der Waals surface area contributed by atoms with Gasteiger partial charge in [-0.2, -0.15) is 0 Å². The second kappa shape index (κ2) is 17.3. The van der Waals surface area contributed by atoms with Gasteiger partial charge in [0.15, 0.2) is 0 Å². The number of carbonyl (C=O) groups excluding carboxylic acids is 1. The van der Waals surface area contributed by atoms with Crippen LogP contribution in [0.2, 0.25) is 0 Å². The predicted octanol–water partition coefficient (Wildman–Crippen LogP) is 4.90. The molecule has 0 aliphatic carbocycles. The van der Waals surface area contributed by atoms with Crippen LogP contribution in [0.15, 0.2) is 89.7 Å². The number of carbonyl (C=O) groups is 2. The summed E-state index contributed by atoms with van der Waals surface area (Å²) in [5.41, 5.74) is 3.71. The van der Waals surface area contributed by atoms with Crippen molar-refractivity contribution in [2.24, 2.45) is 0 Å². The first-order chi connectivity index (χ1) is 24.6. The maximum atomic E-state index is 12.9. The molecule has 0 radical (unpaired) electrons. The number of pyridine rings is 1. The maximum absolute atomic E-state index is 12.9. The molecule has 1 atom stereocenters. The second-order valence-corrected chi connectivity index (χ2v) is 13.9. The Kier molecular flexibility index (Phi) is 12.6. The van der Waals surface area contributed by atoms with Gasteiger partial charge in [0.05, 0.1) is 16.5 Å². The quantitative estimate of drug-likeness (QED) is 0.0701. The van der Waals surface area contributed by atoms with E-state index in [2.05, 4.69) is 57.9 Å². The van der Waals surface area contributed by atoms with Crippen LogP contribution in [-0.4, -0.2) is 75.9 Å². The minimum atomic E-state index is -0.861. The molecule has 51 heavy (non-hydrogen) atoms. The molecule has 7 N–H and O–H groups in total. The number of piperidine rings is 1. The number of aromatic hydroxyl groups is 2. The van der Waals surface area contributed by atoms with E-state index in [-0.39, 0.29) is 35.6 Å². The van der Waals surface area contributed by atoms with Gasteiger partial charge in [0.2, 0.25) is 5.56 Å². The van der Waals surface area contributed by atoms with E-state index in [1.165, 1.54) is 29.0 Å². The van der Waals surface area contributed by atoms with Gasteiger partial charge >= 0.3 is 0 Å². The molecule has 3 heterocycles. The van der Waals surface area contributed by atoms with Crippen LogP contribution in [0, 0.1) is 0 Å². The number of amides is 1. The summed E-state index contributed by atoms with van der Waals surface area (Å²) in [4.78, 5) is 39.5. The fourth-order valence-corrected chi connectivity index (χ4v) is 7.65. The molecule has 268 valence electrons. The number of nitrogens with zero attached hydrogens (tertiary/aromatic N) is 1. The number of aromatic amines is 1. The second-order valence-electron chi connectivity index (χ2n) is 12.8. The Bertz CT molecular complexity index is 1990. The number of benzene rings is 3. The van der Waals surface area contributed by atoms with E-state index in [1.807, 2.05) is 30.3 Å². The van der Waals surface area contributed by atoms with E-state index in [0.29, 0.717) is 40.2 Å². The number of phenolic OH excluding ortho intramolecular Hbond substituents is 2. The van der Waals surface area contributed by atoms with E-state index in [1.54, 1.807) is 12.1 Å². The SMILES string of the molecule is CN1CCC(c2ccccc2)(c2cc(CCCNC(=O)c3ccc(CNC[C@H](O)c4ccc(O)c5[nH]c(=O)ccc45)s3)ccc2O)CC1.O=CO. The number of H-pyrrole nitrogens is 1. The zero-order chi connectivity index (χ0) is 36.4. The summed E-state index contributed by atoms with van der Waals surface area (Å²) in [6.07, 6.45) is 2.58. The molecule has 5 aromatic rings. The van der Waals surface area contributed by atoms with Crippen LogP contribution in [0.5, 0.6) is 11.5 Å². The molecule has 11 nitrogen and oxygen atoms in total. The number of fused-ring (bicyclic) bond motifs is 1. The van der Waals surface area contributed by atoms with Crippen LogP contribution in [0.4, 0.5) is 0 Å². The van der Waals surface area contributed by atoms with Crippen LogP contribution < -0.4 is 16.2 Å². The lowest BCUT2D eigenvalue weighted by molar-refractivity contribution is -0.122. The lowest BCUT2D eigenvalue weighted by atomic mass is 9.67. The normalized spacial score (nSPS) is 14.7. The number of hydrogen-bond acceptors (Lipinski definition) is 9. The molecule has 0 saturated carbocycles. The van der Waals surface area contributed by atoms with Crippen molar-refractivity contribution in [1.82, 2.24) is 20.5 Å². The van der Waals surface area contributed by atoms with E-state index >= 15 is 0 Å². The van der Waals surface area contributed by atoms with Crippen molar-refractivity contribution in [3.05, 3.63) is 127 Å². The van der Waals surface area contributed by atoms with Gasteiger partial charge in [-0.1, -0.05) is 48.5 Å².